The van der Waals surface area contributed by atoms with Crippen LogP contribution in [0, 0.1) is 5.92 Å². The van der Waals surface area contributed by atoms with E-state index in [1.54, 1.807) is 0 Å². The molecule has 1 fully saturated rings. The van der Waals surface area contributed by atoms with Gasteiger partial charge in [-0.05, 0) is 24.3 Å². The number of hydrogen-bond donors (Lipinski definition) is 2. The Labute approximate surface area is 99.6 Å². The van der Waals surface area contributed by atoms with Gasteiger partial charge in [0.2, 0.25) is 5.91 Å². The van der Waals surface area contributed by atoms with Crippen LogP contribution in [0.1, 0.15) is 18.4 Å². The monoisotopic (exact) mass is 233 g/mol. The first-order valence-electron chi connectivity index (χ1n) is 5.73. The minimum absolute atomic E-state index is 0.118. The average molecular weight is 233 g/mol. The maximum atomic E-state index is 11.7. The Morgan fingerprint density at radius 3 is 2.47 bits per heavy atom. The topological polar surface area (TPSA) is 66.4 Å². The first-order chi connectivity index (χ1) is 8.16. The van der Waals surface area contributed by atoms with E-state index < -0.39 is 12.0 Å². The molecule has 0 saturated heterocycles. The first kappa shape index (κ1) is 11.6. The standard InChI is InChI=1S/C13H15NO3/c15-11(8-9-4-2-1-3-5-9)14-12(13(16)17)10-6-7-10/h1-5,10,12H,6-8H2,(H,14,15)(H,16,17). The van der Waals surface area contributed by atoms with Crippen LogP contribution in [0.4, 0.5) is 0 Å². The second kappa shape index (κ2) is 4.99. The van der Waals surface area contributed by atoms with Crippen molar-refractivity contribution in [2.45, 2.75) is 25.3 Å². The summed E-state index contributed by atoms with van der Waals surface area (Å²) in [5.41, 5.74) is 0.893. The van der Waals surface area contributed by atoms with E-state index in [1.807, 2.05) is 30.3 Å². The highest BCUT2D eigenvalue weighted by Gasteiger charge is 2.37. The molecule has 1 atom stereocenters. The number of amides is 1. The van der Waals surface area contributed by atoms with E-state index in [0.717, 1.165) is 18.4 Å². The van der Waals surface area contributed by atoms with Crippen LogP contribution in [0.3, 0.4) is 0 Å². The fourth-order valence-corrected chi connectivity index (χ4v) is 1.82. The van der Waals surface area contributed by atoms with Crippen LogP contribution in [0.15, 0.2) is 30.3 Å². The van der Waals surface area contributed by atoms with E-state index in [1.165, 1.54) is 0 Å². The molecule has 4 heteroatoms. The van der Waals surface area contributed by atoms with Gasteiger partial charge in [-0.2, -0.15) is 0 Å². The Bertz CT molecular complexity index is 412. The molecule has 4 nitrogen and oxygen atoms in total. The molecule has 1 unspecified atom stereocenters. The Morgan fingerprint density at radius 1 is 1.29 bits per heavy atom. The molecule has 0 heterocycles. The summed E-state index contributed by atoms with van der Waals surface area (Å²) >= 11 is 0. The Morgan fingerprint density at radius 2 is 1.94 bits per heavy atom. The molecule has 1 aliphatic carbocycles. The highest BCUT2D eigenvalue weighted by Crippen LogP contribution is 2.32. The smallest absolute Gasteiger partial charge is 0.326 e. The van der Waals surface area contributed by atoms with Gasteiger partial charge in [0.1, 0.15) is 6.04 Å². The van der Waals surface area contributed by atoms with Gasteiger partial charge < -0.3 is 10.4 Å². The quantitative estimate of drug-likeness (QED) is 0.803. The highest BCUT2D eigenvalue weighted by molar-refractivity contribution is 5.85. The number of carbonyl (C=O) groups is 2. The van der Waals surface area contributed by atoms with Gasteiger partial charge in [-0.3, -0.25) is 4.79 Å². The normalized spacial score (nSPS) is 16.2. The number of aliphatic carboxylic acids is 1. The summed E-state index contributed by atoms with van der Waals surface area (Å²) in [7, 11) is 0. The molecular formula is C13H15NO3. The van der Waals surface area contributed by atoms with Crippen molar-refractivity contribution in [2.24, 2.45) is 5.92 Å². The zero-order chi connectivity index (χ0) is 12.3. The van der Waals surface area contributed by atoms with E-state index in [9.17, 15) is 9.59 Å². The van der Waals surface area contributed by atoms with Crippen molar-refractivity contribution >= 4 is 11.9 Å². The second-order valence-electron chi connectivity index (χ2n) is 4.38. The molecular weight excluding hydrogens is 218 g/mol. The predicted molar refractivity (Wildman–Crippen MR) is 62.4 cm³/mol. The minimum atomic E-state index is -0.936. The molecule has 1 aromatic rings. The summed E-state index contributed by atoms with van der Waals surface area (Å²) in [6, 6.07) is 8.59. The van der Waals surface area contributed by atoms with E-state index in [0.29, 0.717) is 0 Å². The van der Waals surface area contributed by atoms with Crippen LogP contribution < -0.4 is 5.32 Å². The highest BCUT2D eigenvalue weighted by atomic mass is 16.4. The van der Waals surface area contributed by atoms with Gasteiger partial charge >= 0.3 is 5.97 Å². The molecule has 0 aromatic heterocycles. The van der Waals surface area contributed by atoms with Crippen molar-refractivity contribution in [1.29, 1.82) is 0 Å². The molecule has 0 radical (unpaired) electrons. The van der Waals surface area contributed by atoms with Gasteiger partial charge in [-0.15, -0.1) is 0 Å². The Kier molecular flexibility index (Phi) is 3.42. The summed E-state index contributed by atoms with van der Waals surface area (Å²) in [4.78, 5) is 22.6. The fraction of sp³-hybridized carbons (Fsp3) is 0.385. The third-order valence-electron chi connectivity index (χ3n) is 2.88. The first-order valence-corrected chi connectivity index (χ1v) is 5.73. The molecule has 1 amide bonds. The third-order valence-corrected chi connectivity index (χ3v) is 2.88. The van der Waals surface area contributed by atoms with E-state index in [4.69, 9.17) is 5.11 Å². The SMILES string of the molecule is O=C(Cc1ccccc1)NC(C(=O)O)C1CC1. The zero-order valence-corrected chi connectivity index (χ0v) is 9.43. The van der Waals surface area contributed by atoms with E-state index in [-0.39, 0.29) is 18.2 Å². The number of hydrogen-bond acceptors (Lipinski definition) is 2. The lowest BCUT2D eigenvalue weighted by molar-refractivity contribution is -0.142. The van der Waals surface area contributed by atoms with Crippen LogP contribution in [0.2, 0.25) is 0 Å². The van der Waals surface area contributed by atoms with Crippen LogP contribution in [-0.4, -0.2) is 23.0 Å². The molecule has 2 N–H and O–H groups in total. The average Bonchev–Trinajstić information content (AvgIpc) is 3.11. The lowest BCUT2D eigenvalue weighted by atomic mass is 10.1. The van der Waals surface area contributed by atoms with Crippen molar-refractivity contribution in [1.82, 2.24) is 5.32 Å². The van der Waals surface area contributed by atoms with Crippen LogP contribution in [0.5, 0.6) is 0 Å². The largest absolute Gasteiger partial charge is 0.480 e. The number of benzene rings is 1. The summed E-state index contributed by atoms with van der Waals surface area (Å²) in [6.07, 6.45) is 2.02. The van der Waals surface area contributed by atoms with Gasteiger partial charge in [0.05, 0.1) is 6.42 Å². The van der Waals surface area contributed by atoms with Crippen LogP contribution in [0.25, 0.3) is 0 Å². The Hall–Kier alpha value is -1.84. The molecule has 2 rings (SSSR count). The van der Waals surface area contributed by atoms with Crippen molar-refractivity contribution in [3.05, 3.63) is 35.9 Å². The van der Waals surface area contributed by atoms with Gasteiger partial charge in [-0.1, -0.05) is 30.3 Å². The van der Waals surface area contributed by atoms with E-state index >= 15 is 0 Å². The molecule has 0 bridgehead atoms. The summed E-state index contributed by atoms with van der Waals surface area (Å²) in [6.45, 7) is 0. The minimum Gasteiger partial charge on any atom is -0.480 e. The lowest BCUT2D eigenvalue weighted by Crippen LogP contribution is -2.43. The maximum Gasteiger partial charge on any atom is 0.326 e. The molecule has 17 heavy (non-hydrogen) atoms. The maximum absolute atomic E-state index is 11.7. The van der Waals surface area contributed by atoms with Crippen LogP contribution >= 0.6 is 0 Å². The number of nitrogens with one attached hydrogen (secondary N) is 1. The third kappa shape index (κ3) is 3.31. The van der Waals surface area contributed by atoms with Gasteiger partial charge in [0.25, 0.3) is 0 Å². The number of carbonyl (C=O) groups excluding carboxylic acids is 1. The zero-order valence-electron chi connectivity index (χ0n) is 9.43. The van der Waals surface area contributed by atoms with Crippen molar-refractivity contribution in [3.63, 3.8) is 0 Å². The van der Waals surface area contributed by atoms with Gasteiger partial charge in [0.15, 0.2) is 0 Å². The van der Waals surface area contributed by atoms with Crippen molar-refractivity contribution in [2.75, 3.05) is 0 Å². The second-order valence-corrected chi connectivity index (χ2v) is 4.38. The molecule has 1 aromatic carbocycles. The predicted octanol–water partition coefficient (Wildman–Crippen LogP) is 1.21. The van der Waals surface area contributed by atoms with Crippen molar-refractivity contribution in [3.8, 4) is 0 Å². The van der Waals surface area contributed by atoms with E-state index in [2.05, 4.69) is 5.32 Å². The summed E-state index contributed by atoms with van der Waals surface area (Å²) in [5, 5.41) is 11.6. The number of carboxylic acids is 1. The molecule has 1 aliphatic rings. The van der Waals surface area contributed by atoms with Gasteiger partial charge in [0, 0.05) is 0 Å². The summed E-state index contributed by atoms with van der Waals surface area (Å²) in [5.74, 6) is -1.04. The van der Waals surface area contributed by atoms with Gasteiger partial charge in [-0.25, -0.2) is 4.79 Å². The molecule has 90 valence electrons. The Balaban J connectivity index is 1.90. The molecule has 0 spiro atoms. The number of rotatable bonds is 5. The number of carboxylic acid groups (broad SMARTS) is 1. The van der Waals surface area contributed by atoms with Crippen LogP contribution in [-0.2, 0) is 16.0 Å². The fourth-order valence-electron chi connectivity index (χ4n) is 1.82. The lowest BCUT2D eigenvalue weighted by Gasteiger charge is -2.13. The summed E-state index contributed by atoms with van der Waals surface area (Å²) < 4.78 is 0. The molecule has 0 aliphatic heterocycles. The van der Waals surface area contributed by atoms with Crippen molar-refractivity contribution < 1.29 is 14.7 Å². The molecule has 1 saturated carbocycles.